The van der Waals surface area contributed by atoms with Gasteiger partial charge >= 0.3 is 0 Å². The molecule has 3 nitrogen and oxygen atoms in total. The summed E-state index contributed by atoms with van der Waals surface area (Å²) in [6.07, 6.45) is 6.27. The maximum atomic E-state index is 12.6. The Bertz CT molecular complexity index is 676. The molecule has 5 fully saturated rings. The molecule has 0 aromatic carbocycles. The van der Waals surface area contributed by atoms with Crippen LogP contribution in [0.3, 0.4) is 0 Å². The van der Waals surface area contributed by atoms with Gasteiger partial charge in [-0.3, -0.25) is 9.59 Å². The number of halogens is 1. The Morgan fingerprint density at radius 1 is 1.16 bits per heavy atom. The van der Waals surface area contributed by atoms with Crippen LogP contribution in [-0.2, 0) is 14.3 Å². The molecule has 1 saturated heterocycles. The van der Waals surface area contributed by atoms with Gasteiger partial charge in [0.2, 0.25) is 0 Å². The highest BCUT2D eigenvalue weighted by Gasteiger charge is 2.77. The molecule has 4 saturated carbocycles. The molecule has 1 heterocycles. The van der Waals surface area contributed by atoms with Crippen LogP contribution in [0.25, 0.3) is 0 Å². The number of alkyl halides is 1. The third-order valence-electron chi connectivity index (χ3n) is 9.49. The van der Waals surface area contributed by atoms with Crippen LogP contribution in [0.4, 0.5) is 0 Å². The lowest BCUT2D eigenvalue weighted by atomic mass is 9.41. The van der Waals surface area contributed by atoms with Gasteiger partial charge in [0.05, 0.1) is 16.5 Å². The standard InChI is InChI=1S/C21H29BrO3/c1-12-8-13(23)9-21(22)19(3)10-14-15-4-5-17(24)18(15,2)7-6-16(14)20(12,21)11-25-19/h12,14-16H,4-11H2,1-3H3/t12-,14+,15+,16+,18+,19-,20-,21+/m1/s1. The van der Waals surface area contributed by atoms with Gasteiger partial charge in [-0.2, -0.15) is 0 Å². The molecule has 0 radical (unpaired) electrons. The molecule has 4 aliphatic carbocycles. The number of hydrogen-bond acceptors (Lipinski definition) is 3. The Kier molecular flexibility index (Phi) is 3.24. The summed E-state index contributed by atoms with van der Waals surface area (Å²) in [6.45, 7) is 7.52. The first-order chi connectivity index (χ1) is 11.7. The fourth-order valence-electron chi connectivity index (χ4n) is 8.17. The highest BCUT2D eigenvalue weighted by atomic mass is 79.9. The van der Waals surface area contributed by atoms with Crippen molar-refractivity contribution in [1.82, 2.24) is 0 Å². The molecule has 0 amide bonds. The Labute approximate surface area is 158 Å². The van der Waals surface area contributed by atoms with Crippen LogP contribution in [0.1, 0.15) is 65.7 Å². The summed E-state index contributed by atoms with van der Waals surface area (Å²) in [6, 6.07) is 0. The summed E-state index contributed by atoms with van der Waals surface area (Å²) < 4.78 is 6.32. The largest absolute Gasteiger partial charge is 0.373 e. The van der Waals surface area contributed by atoms with Crippen molar-refractivity contribution in [2.45, 2.75) is 75.6 Å². The number of Topliss-reactive ketones (excluding diaryl/α,β-unsaturated/α-hetero) is 2. The van der Waals surface area contributed by atoms with Crippen molar-refractivity contribution in [3.8, 4) is 0 Å². The number of fused-ring (bicyclic) bond motifs is 3. The van der Waals surface area contributed by atoms with Crippen molar-refractivity contribution in [2.24, 2.45) is 34.5 Å². The number of hydrogen-bond donors (Lipinski definition) is 0. The minimum atomic E-state index is -0.289. The van der Waals surface area contributed by atoms with Gasteiger partial charge in [0, 0.05) is 30.1 Å². The van der Waals surface area contributed by atoms with E-state index in [1.165, 1.54) is 0 Å². The van der Waals surface area contributed by atoms with E-state index in [4.69, 9.17) is 4.74 Å². The zero-order valence-electron chi connectivity index (χ0n) is 15.6. The Hall–Kier alpha value is -0.220. The van der Waals surface area contributed by atoms with Crippen LogP contribution in [0, 0.1) is 34.5 Å². The average Bonchev–Trinajstić information content (AvgIpc) is 2.88. The Morgan fingerprint density at radius 3 is 2.68 bits per heavy atom. The molecule has 1 aliphatic heterocycles. The lowest BCUT2D eigenvalue weighted by Crippen LogP contribution is -2.69. The van der Waals surface area contributed by atoms with Crippen molar-refractivity contribution < 1.29 is 14.3 Å². The number of carbonyl (C=O) groups excluding carboxylic acids is 2. The Morgan fingerprint density at radius 2 is 1.92 bits per heavy atom. The van der Waals surface area contributed by atoms with Gasteiger partial charge in [-0.25, -0.2) is 0 Å². The van der Waals surface area contributed by atoms with E-state index in [0.29, 0.717) is 48.1 Å². The molecular weight excluding hydrogens is 380 g/mol. The van der Waals surface area contributed by atoms with Crippen molar-refractivity contribution in [3.63, 3.8) is 0 Å². The predicted molar refractivity (Wildman–Crippen MR) is 98.5 cm³/mol. The molecule has 138 valence electrons. The maximum absolute atomic E-state index is 12.6. The quantitative estimate of drug-likeness (QED) is 0.560. The molecule has 0 N–H and O–H groups in total. The van der Waals surface area contributed by atoms with Crippen LogP contribution >= 0.6 is 15.9 Å². The minimum Gasteiger partial charge on any atom is -0.373 e. The first-order valence-electron chi connectivity index (χ1n) is 10.1. The first-order valence-corrected chi connectivity index (χ1v) is 10.9. The van der Waals surface area contributed by atoms with Gasteiger partial charge in [-0.1, -0.05) is 29.8 Å². The van der Waals surface area contributed by atoms with Gasteiger partial charge in [0.25, 0.3) is 0 Å². The van der Waals surface area contributed by atoms with Crippen LogP contribution in [0.15, 0.2) is 0 Å². The van der Waals surface area contributed by atoms with Gasteiger partial charge in [0.1, 0.15) is 11.6 Å². The van der Waals surface area contributed by atoms with Crippen LogP contribution < -0.4 is 0 Å². The second kappa shape index (κ2) is 4.79. The van der Waals surface area contributed by atoms with Crippen molar-refractivity contribution in [2.75, 3.05) is 6.61 Å². The summed E-state index contributed by atoms with van der Waals surface area (Å²) in [5, 5.41) is 0. The highest BCUT2D eigenvalue weighted by Crippen LogP contribution is 2.75. The van der Waals surface area contributed by atoms with Gasteiger partial charge in [0.15, 0.2) is 0 Å². The second-order valence-electron chi connectivity index (χ2n) is 10.2. The zero-order valence-corrected chi connectivity index (χ0v) is 17.2. The van der Waals surface area contributed by atoms with E-state index in [9.17, 15) is 9.59 Å². The van der Waals surface area contributed by atoms with Gasteiger partial charge in [-0.15, -0.1) is 0 Å². The lowest BCUT2D eigenvalue weighted by molar-refractivity contribution is -0.150. The third-order valence-corrected chi connectivity index (χ3v) is 11.3. The maximum Gasteiger partial charge on any atom is 0.139 e. The average molecular weight is 409 g/mol. The lowest BCUT2D eigenvalue weighted by Gasteiger charge is -2.65. The van der Waals surface area contributed by atoms with Gasteiger partial charge in [-0.05, 0) is 56.3 Å². The minimum absolute atomic E-state index is 0.0472. The number of ketones is 2. The second-order valence-corrected chi connectivity index (χ2v) is 11.5. The predicted octanol–water partition coefficient (Wildman–Crippen LogP) is 4.31. The fourth-order valence-corrected chi connectivity index (χ4v) is 9.56. The summed E-state index contributed by atoms with van der Waals surface area (Å²) >= 11 is 4.14. The molecule has 0 aromatic rings. The molecule has 5 aliphatic rings. The summed E-state index contributed by atoms with van der Waals surface area (Å²) in [4.78, 5) is 25.1. The summed E-state index contributed by atoms with van der Waals surface area (Å²) in [5.74, 6) is 2.89. The smallest absolute Gasteiger partial charge is 0.139 e. The van der Waals surface area contributed by atoms with Crippen molar-refractivity contribution in [1.29, 1.82) is 0 Å². The van der Waals surface area contributed by atoms with E-state index in [1.54, 1.807) is 0 Å². The number of rotatable bonds is 0. The van der Waals surface area contributed by atoms with E-state index in [-0.39, 0.29) is 20.8 Å². The highest BCUT2D eigenvalue weighted by molar-refractivity contribution is 9.10. The number of carbonyl (C=O) groups is 2. The SMILES string of the molecule is C[C@@H]1CC(=O)C[C@@]2(Br)[C@]13CO[C@]2(C)C[C@@H]1[C@@H]3CC[C@]2(C)C(=O)CC[C@@H]12. The van der Waals surface area contributed by atoms with Crippen LogP contribution in [0.5, 0.6) is 0 Å². The Balaban J connectivity index is 1.64. The molecule has 8 atom stereocenters. The molecule has 2 bridgehead atoms. The van der Waals surface area contributed by atoms with Gasteiger partial charge < -0.3 is 4.74 Å². The fraction of sp³-hybridized carbons (Fsp3) is 0.905. The molecule has 0 spiro atoms. The third kappa shape index (κ3) is 1.69. The molecule has 0 aromatic heterocycles. The summed E-state index contributed by atoms with van der Waals surface area (Å²) in [7, 11) is 0. The number of ether oxygens (including phenoxy) is 1. The van der Waals surface area contributed by atoms with Crippen LogP contribution in [0.2, 0.25) is 0 Å². The topological polar surface area (TPSA) is 43.4 Å². The van der Waals surface area contributed by atoms with Crippen molar-refractivity contribution >= 4 is 27.5 Å². The molecule has 0 unspecified atom stereocenters. The molecular formula is C21H29BrO3. The van der Waals surface area contributed by atoms with E-state index < -0.39 is 0 Å². The zero-order chi connectivity index (χ0) is 17.8. The normalized spacial score (nSPS) is 60.2. The van der Waals surface area contributed by atoms with E-state index in [0.717, 1.165) is 38.7 Å². The first kappa shape index (κ1) is 16.9. The monoisotopic (exact) mass is 408 g/mol. The van der Waals surface area contributed by atoms with E-state index >= 15 is 0 Å². The molecule has 25 heavy (non-hydrogen) atoms. The van der Waals surface area contributed by atoms with Crippen LogP contribution in [-0.4, -0.2) is 28.1 Å². The molecule has 4 heteroatoms. The van der Waals surface area contributed by atoms with E-state index in [2.05, 4.69) is 36.7 Å². The van der Waals surface area contributed by atoms with E-state index in [1.807, 2.05) is 0 Å². The molecule has 5 rings (SSSR count). The van der Waals surface area contributed by atoms with Crippen molar-refractivity contribution in [3.05, 3.63) is 0 Å². The summed E-state index contributed by atoms with van der Waals surface area (Å²) in [5.41, 5.74) is -0.346.